The summed E-state index contributed by atoms with van der Waals surface area (Å²) in [7, 11) is 0. The van der Waals surface area contributed by atoms with Crippen LogP contribution in [0.15, 0.2) is 6.07 Å². The standard InChI is InChI=1S/C12H14Cl2N4OS/c1-6(2)16-9(19)3-4-15-10-7(13)5-8(14)11-12(10)18-20-17-11/h5-6,15H,3-4H2,1-2H3,(H,16,19). The van der Waals surface area contributed by atoms with Crippen LogP contribution in [0.1, 0.15) is 20.3 Å². The number of benzene rings is 1. The van der Waals surface area contributed by atoms with Gasteiger partial charge in [0, 0.05) is 19.0 Å². The van der Waals surface area contributed by atoms with Gasteiger partial charge in [-0.25, -0.2) is 0 Å². The van der Waals surface area contributed by atoms with Crippen molar-refractivity contribution >= 4 is 57.6 Å². The lowest BCUT2D eigenvalue weighted by Gasteiger charge is -2.11. The molecule has 0 fully saturated rings. The van der Waals surface area contributed by atoms with Gasteiger partial charge in [0.15, 0.2) is 0 Å². The molecule has 0 spiro atoms. The van der Waals surface area contributed by atoms with Crippen molar-refractivity contribution in [3.63, 3.8) is 0 Å². The van der Waals surface area contributed by atoms with E-state index in [1.165, 1.54) is 0 Å². The van der Waals surface area contributed by atoms with E-state index in [1.54, 1.807) is 6.07 Å². The average molecular weight is 333 g/mol. The highest BCUT2D eigenvalue weighted by atomic mass is 35.5. The lowest BCUT2D eigenvalue weighted by Crippen LogP contribution is -2.31. The highest BCUT2D eigenvalue weighted by Crippen LogP contribution is 2.35. The molecular weight excluding hydrogens is 319 g/mol. The van der Waals surface area contributed by atoms with Crippen LogP contribution < -0.4 is 10.6 Å². The summed E-state index contributed by atoms with van der Waals surface area (Å²) < 4.78 is 8.31. The molecule has 2 N–H and O–H groups in total. The topological polar surface area (TPSA) is 66.9 Å². The lowest BCUT2D eigenvalue weighted by molar-refractivity contribution is -0.121. The number of nitrogens with zero attached hydrogens (tertiary/aromatic N) is 2. The second-order valence-corrected chi connectivity index (χ2v) is 5.92. The first kappa shape index (κ1) is 15.3. The Labute approximate surface area is 131 Å². The summed E-state index contributed by atoms with van der Waals surface area (Å²) in [6, 6.07) is 1.76. The largest absolute Gasteiger partial charge is 0.381 e. The van der Waals surface area contributed by atoms with Gasteiger partial charge in [-0.15, -0.1) is 0 Å². The number of aromatic nitrogens is 2. The Hall–Kier alpha value is -1.11. The number of rotatable bonds is 5. The van der Waals surface area contributed by atoms with E-state index in [2.05, 4.69) is 19.4 Å². The number of fused-ring (bicyclic) bond motifs is 1. The van der Waals surface area contributed by atoms with Gasteiger partial charge in [0.05, 0.1) is 27.5 Å². The smallest absolute Gasteiger partial charge is 0.221 e. The maximum absolute atomic E-state index is 11.6. The Morgan fingerprint density at radius 2 is 2.00 bits per heavy atom. The van der Waals surface area contributed by atoms with Crippen molar-refractivity contribution < 1.29 is 4.79 Å². The Morgan fingerprint density at radius 3 is 2.70 bits per heavy atom. The fraction of sp³-hybridized carbons (Fsp3) is 0.417. The number of nitrogens with one attached hydrogen (secondary N) is 2. The molecule has 0 saturated heterocycles. The van der Waals surface area contributed by atoms with Crippen LogP contribution in [0, 0.1) is 0 Å². The van der Waals surface area contributed by atoms with Crippen molar-refractivity contribution in [3.05, 3.63) is 16.1 Å². The minimum Gasteiger partial charge on any atom is -0.381 e. The van der Waals surface area contributed by atoms with Gasteiger partial charge in [0.1, 0.15) is 11.0 Å². The Kier molecular flexibility index (Phi) is 5.01. The van der Waals surface area contributed by atoms with Crippen LogP contribution in [0.25, 0.3) is 11.0 Å². The van der Waals surface area contributed by atoms with Crippen LogP contribution in [0.5, 0.6) is 0 Å². The van der Waals surface area contributed by atoms with Crippen molar-refractivity contribution in [2.24, 2.45) is 0 Å². The Morgan fingerprint density at radius 1 is 1.30 bits per heavy atom. The number of anilines is 1. The summed E-state index contributed by atoms with van der Waals surface area (Å²) >= 11 is 13.3. The molecule has 2 aromatic rings. The molecule has 0 saturated carbocycles. The van der Waals surface area contributed by atoms with E-state index in [-0.39, 0.29) is 11.9 Å². The van der Waals surface area contributed by atoms with Gasteiger partial charge < -0.3 is 10.6 Å². The molecule has 0 aliphatic carbocycles. The molecule has 1 heterocycles. The summed E-state index contributed by atoms with van der Waals surface area (Å²) in [4.78, 5) is 11.6. The van der Waals surface area contributed by atoms with Gasteiger partial charge in [0.2, 0.25) is 5.91 Å². The molecule has 108 valence electrons. The summed E-state index contributed by atoms with van der Waals surface area (Å²) in [6.07, 6.45) is 0.357. The predicted octanol–water partition coefficient (Wildman–Crippen LogP) is 3.32. The first-order chi connectivity index (χ1) is 9.49. The minimum absolute atomic E-state index is 0.00904. The predicted molar refractivity (Wildman–Crippen MR) is 83.8 cm³/mol. The maximum atomic E-state index is 11.6. The van der Waals surface area contributed by atoms with Crippen LogP contribution in [-0.2, 0) is 4.79 Å². The SMILES string of the molecule is CC(C)NC(=O)CCNc1c(Cl)cc(Cl)c2nsnc12. The van der Waals surface area contributed by atoms with E-state index in [0.717, 1.165) is 11.7 Å². The van der Waals surface area contributed by atoms with E-state index in [4.69, 9.17) is 23.2 Å². The van der Waals surface area contributed by atoms with Crippen LogP contribution in [0.3, 0.4) is 0 Å². The second-order valence-electron chi connectivity index (χ2n) is 4.58. The Bertz CT molecular complexity index is 629. The quantitative estimate of drug-likeness (QED) is 0.881. The molecular formula is C12H14Cl2N4OS. The van der Waals surface area contributed by atoms with E-state index >= 15 is 0 Å². The average Bonchev–Trinajstić information content (AvgIpc) is 2.81. The van der Waals surface area contributed by atoms with Crippen molar-refractivity contribution in [2.75, 3.05) is 11.9 Å². The van der Waals surface area contributed by atoms with E-state index in [1.807, 2.05) is 13.8 Å². The van der Waals surface area contributed by atoms with Crippen LogP contribution in [0.2, 0.25) is 10.0 Å². The highest BCUT2D eigenvalue weighted by molar-refractivity contribution is 7.00. The van der Waals surface area contributed by atoms with Crippen LogP contribution >= 0.6 is 34.9 Å². The number of carbonyl (C=O) groups is 1. The van der Waals surface area contributed by atoms with E-state index in [0.29, 0.717) is 39.7 Å². The van der Waals surface area contributed by atoms with Crippen molar-refractivity contribution in [3.8, 4) is 0 Å². The zero-order valence-corrected chi connectivity index (χ0v) is 13.4. The molecule has 0 aliphatic rings. The molecule has 20 heavy (non-hydrogen) atoms. The molecule has 1 aromatic carbocycles. The zero-order chi connectivity index (χ0) is 14.7. The van der Waals surface area contributed by atoms with Crippen LogP contribution in [0.4, 0.5) is 5.69 Å². The number of carbonyl (C=O) groups excluding carboxylic acids is 1. The van der Waals surface area contributed by atoms with Gasteiger partial charge in [-0.1, -0.05) is 23.2 Å². The van der Waals surface area contributed by atoms with Crippen molar-refractivity contribution in [1.29, 1.82) is 0 Å². The zero-order valence-electron chi connectivity index (χ0n) is 11.0. The second kappa shape index (κ2) is 6.56. The van der Waals surface area contributed by atoms with Crippen molar-refractivity contribution in [2.45, 2.75) is 26.3 Å². The lowest BCUT2D eigenvalue weighted by atomic mass is 10.2. The third-order valence-corrected chi connectivity index (χ3v) is 3.66. The maximum Gasteiger partial charge on any atom is 0.221 e. The number of amides is 1. The highest BCUT2D eigenvalue weighted by Gasteiger charge is 2.14. The van der Waals surface area contributed by atoms with Crippen molar-refractivity contribution in [1.82, 2.24) is 14.1 Å². The molecule has 0 radical (unpaired) electrons. The first-order valence-corrected chi connectivity index (χ1v) is 7.61. The molecule has 1 aromatic heterocycles. The summed E-state index contributed by atoms with van der Waals surface area (Å²) in [6.45, 7) is 4.31. The molecule has 0 unspecified atom stereocenters. The minimum atomic E-state index is -0.00904. The van der Waals surface area contributed by atoms with Gasteiger partial charge >= 0.3 is 0 Å². The molecule has 2 rings (SSSR count). The number of hydrogen-bond acceptors (Lipinski definition) is 5. The molecule has 0 aliphatic heterocycles. The summed E-state index contributed by atoms with van der Waals surface area (Å²) in [5.41, 5.74) is 1.92. The van der Waals surface area contributed by atoms with Gasteiger partial charge in [-0.2, -0.15) is 8.75 Å². The summed E-state index contributed by atoms with van der Waals surface area (Å²) in [5, 5.41) is 6.90. The van der Waals surface area contributed by atoms with Gasteiger partial charge in [-0.3, -0.25) is 4.79 Å². The molecule has 0 atom stereocenters. The monoisotopic (exact) mass is 332 g/mol. The number of hydrogen-bond donors (Lipinski definition) is 2. The van der Waals surface area contributed by atoms with Crippen LogP contribution in [-0.4, -0.2) is 27.2 Å². The molecule has 1 amide bonds. The number of halogens is 2. The Balaban J connectivity index is 2.07. The molecule has 0 bridgehead atoms. The summed E-state index contributed by atoms with van der Waals surface area (Å²) in [5.74, 6) is -0.00904. The fourth-order valence-electron chi connectivity index (χ4n) is 1.74. The fourth-order valence-corrected chi connectivity index (χ4v) is 2.92. The van der Waals surface area contributed by atoms with E-state index < -0.39 is 0 Å². The normalized spacial score (nSPS) is 11.1. The van der Waals surface area contributed by atoms with E-state index in [9.17, 15) is 4.79 Å². The first-order valence-electron chi connectivity index (χ1n) is 6.12. The third kappa shape index (κ3) is 3.50. The molecule has 8 heteroatoms. The van der Waals surface area contributed by atoms with Gasteiger partial charge in [0.25, 0.3) is 0 Å². The third-order valence-electron chi connectivity index (χ3n) is 2.55. The molecule has 5 nitrogen and oxygen atoms in total. The van der Waals surface area contributed by atoms with Gasteiger partial charge in [-0.05, 0) is 19.9 Å².